The van der Waals surface area contributed by atoms with E-state index < -0.39 is 0 Å². The molecule has 1 atom stereocenters. The molecule has 9 heteroatoms. The summed E-state index contributed by atoms with van der Waals surface area (Å²) in [5.41, 5.74) is 1.11. The van der Waals surface area contributed by atoms with Crippen LogP contribution < -0.4 is 14.8 Å². The number of aromatic nitrogens is 3. The zero-order valence-electron chi connectivity index (χ0n) is 18.0. The van der Waals surface area contributed by atoms with Gasteiger partial charge in [-0.15, -0.1) is 10.2 Å². The molecule has 1 aromatic carbocycles. The minimum Gasteiger partial charge on any atom is -0.497 e. The van der Waals surface area contributed by atoms with Gasteiger partial charge in [0.05, 0.1) is 26.5 Å². The lowest BCUT2D eigenvalue weighted by Crippen LogP contribution is -2.30. The Bertz CT molecular complexity index is 1030. The fourth-order valence-corrected chi connectivity index (χ4v) is 3.83. The lowest BCUT2D eigenvalue weighted by Gasteiger charge is -2.21. The molecule has 4 rings (SSSR count). The highest BCUT2D eigenvalue weighted by Crippen LogP contribution is 2.26. The highest BCUT2D eigenvalue weighted by molar-refractivity contribution is 5.91. The number of carbonyl (C=O) groups is 1. The van der Waals surface area contributed by atoms with Crippen LogP contribution in [0.2, 0.25) is 0 Å². The van der Waals surface area contributed by atoms with Gasteiger partial charge in [0.2, 0.25) is 0 Å². The molecular weight excluding hydrogens is 398 g/mol. The summed E-state index contributed by atoms with van der Waals surface area (Å²) in [5.74, 6) is 3.28. The maximum Gasteiger partial charge on any atom is 0.287 e. The molecule has 1 aliphatic heterocycles. The Labute approximate surface area is 181 Å². The number of nitrogens with one attached hydrogen (secondary N) is 1. The van der Waals surface area contributed by atoms with Gasteiger partial charge in [0, 0.05) is 44.2 Å². The summed E-state index contributed by atoms with van der Waals surface area (Å²) in [6.07, 6.45) is 2.26. The second kappa shape index (κ2) is 9.22. The van der Waals surface area contributed by atoms with Crippen molar-refractivity contribution in [2.45, 2.75) is 32.5 Å². The molecule has 1 N–H and O–H groups in total. The molecule has 2 aromatic heterocycles. The van der Waals surface area contributed by atoms with E-state index in [1.165, 1.54) is 6.26 Å². The van der Waals surface area contributed by atoms with Crippen LogP contribution in [0.15, 0.2) is 41.0 Å². The first-order chi connectivity index (χ1) is 15.1. The molecule has 0 saturated heterocycles. The van der Waals surface area contributed by atoms with E-state index >= 15 is 0 Å². The van der Waals surface area contributed by atoms with Gasteiger partial charge in [-0.3, -0.25) is 9.69 Å². The first-order valence-electron chi connectivity index (χ1n) is 10.3. The van der Waals surface area contributed by atoms with Gasteiger partial charge in [-0.1, -0.05) is 6.07 Å². The molecular formula is C22H27N5O4. The lowest BCUT2D eigenvalue weighted by atomic mass is 10.1. The summed E-state index contributed by atoms with van der Waals surface area (Å²) in [6.45, 7) is 5.12. The maximum atomic E-state index is 12.3. The summed E-state index contributed by atoms with van der Waals surface area (Å²) in [5, 5.41) is 11.7. The zero-order valence-corrected chi connectivity index (χ0v) is 18.0. The fraction of sp³-hybridized carbons (Fsp3) is 0.409. The molecule has 31 heavy (non-hydrogen) atoms. The van der Waals surface area contributed by atoms with Gasteiger partial charge in [0.15, 0.2) is 11.6 Å². The lowest BCUT2D eigenvalue weighted by molar-refractivity contribution is 0.0909. The second-order valence-electron chi connectivity index (χ2n) is 7.50. The standard InChI is InChI=1S/C22H27N5O4/c1-15(23-22(28)18-5-4-12-31-18)21-25-24-20-8-9-26(10-11-27(20)21)14-16-6-7-17(29-2)13-19(16)30-3/h4-7,12-13,15H,8-11,14H2,1-3H3,(H,23,28)/t15-/m0/s1. The van der Waals surface area contributed by atoms with E-state index in [2.05, 4.69) is 25.0 Å². The van der Waals surface area contributed by atoms with Gasteiger partial charge >= 0.3 is 0 Å². The molecule has 0 unspecified atom stereocenters. The molecule has 0 fully saturated rings. The second-order valence-corrected chi connectivity index (χ2v) is 7.50. The highest BCUT2D eigenvalue weighted by Gasteiger charge is 2.24. The van der Waals surface area contributed by atoms with E-state index in [1.54, 1.807) is 26.4 Å². The number of methoxy groups -OCH3 is 2. The number of amides is 1. The topological polar surface area (TPSA) is 94.6 Å². The quantitative estimate of drug-likeness (QED) is 0.621. The number of hydrogen-bond acceptors (Lipinski definition) is 7. The summed E-state index contributed by atoms with van der Waals surface area (Å²) < 4.78 is 18.1. The van der Waals surface area contributed by atoms with Crippen LogP contribution in [0, 0.1) is 0 Å². The molecule has 9 nitrogen and oxygen atoms in total. The molecule has 164 valence electrons. The van der Waals surface area contributed by atoms with E-state index in [0.29, 0.717) is 0 Å². The van der Waals surface area contributed by atoms with Gasteiger partial charge < -0.3 is 23.8 Å². The van der Waals surface area contributed by atoms with Crippen LogP contribution in [0.5, 0.6) is 11.5 Å². The minimum atomic E-state index is -0.285. The molecule has 0 radical (unpaired) electrons. The van der Waals surface area contributed by atoms with Crippen molar-refractivity contribution in [3.05, 3.63) is 59.6 Å². The van der Waals surface area contributed by atoms with Gasteiger partial charge in [0.25, 0.3) is 5.91 Å². The molecule has 0 aliphatic carbocycles. The third-order valence-corrected chi connectivity index (χ3v) is 5.52. The number of carbonyl (C=O) groups excluding carboxylic acids is 1. The van der Waals surface area contributed by atoms with Crippen LogP contribution in [0.3, 0.4) is 0 Å². The van der Waals surface area contributed by atoms with Crippen LogP contribution in [0.4, 0.5) is 0 Å². The molecule has 0 spiro atoms. The number of nitrogens with zero attached hydrogens (tertiary/aromatic N) is 4. The Balaban J connectivity index is 1.43. The Morgan fingerprint density at radius 1 is 1.19 bits per heavy atom. The average Bonchev–Trinajstić information content (AvgIpc) is 3.42. The summed E-state index contributed by atoms with van der Waals surface area (Å²) in [4.78, 5) is 14.7. The number of fused-ring (bicyclic) bond motifs is 1. The van der Waals surface area contributed by atoms with Crippen molar-refractivity contribution in [2.75, 3.05) is 27.3 Å². The number of furan rings is 1. The van der Waals surface area contributed by atoms with E-state index in [0.717, 1.165) is 61.3 Å². The predicted octanol–water partition coefficient (Wildman–Crippen LogP) is 2.44. The van der Waals surface area contributed by atoms with Crippen molar-refractivity contribution >= 4 is 5.91 Å². The summed E-state index contributed by atoms with van der Waals surface area (Å²) >= 11 is 0. The van der Waals surface area contributed by atoms with E-state index in [9.17, 15) is 4.79 Å². The third kappa shape index (κ3) is 4.56. The van der Waals surface area contributed by atoms with Crippen LogP contribution in [-0.4, -0.2) is 52.9 Å². The SMILES string of the molecule is COc1ccc(CN2CCc3nnc([C@H](C)NC(=O)c4ccco4)n3CC2)c(OC)c1. The Morgan fingerprint density at radius 2 is 2.06 bits per heavy atom. The Morgan fingerprint density at radius 3 is 2.81 bits per heavy atom. The van der Waals surface area contributed by atoms with E-state index in [-0.39, 0.29) is 17.7 Å². The predicted molar refractivity (Wildman–Crippen MR) is 113 cm³/mol. The molecule has 0 saturated carbocycles. The Hall–Kier alpha value is -3.33. The molecule has 3 heterocycles. The number of ether oxygens (including phenoxy) is 2. The van der Waals surface area contributed by atoms with Crippen LogP contribution in [0.1, 0.15) is 40.7 Å². The first-order valence-corrected chi connectivity index (χ1v) is 10.3. The Kier molecular flexibility index (Phi) is 6.22. The fourth-order valence-electron chi connectivity index (χ4n) is 3.83. The van der Waals surface area contributed by atoms with Crippen molar-refractivity contribution < 1.29 is 18.7 Å². The third-order valence-electron chi connectivity index (χ3n) is 5.52. The van der Waals surface area contributed by atoms with Gasteiger partial charge in [0.1, 0.15) is 17.3 Å². The summed E-state index contributed by atoms with van der Waals surface area (Å²) in [6, 6.07) is 8.94. The van der Waals surface area contributed by atoms with Crippen molar-refractivity contribution in [1.82, 2.24) is 25.0 Å². The van der Waals surface area contributed by atoms with E-state index in [1.807, 2.05) is 25.1 Å². The molecule has 1 amide bonds. The van der Waals surface area contributed by atoms with Gasteiger partial charge in [-0.2, -0.15) is 0 Å². The highest BCUT2D eigenvalue weighted by atomic mass is 16.5. The van der Waals surface area contributed by atoms with Crippen LogP contribution in [-0.2, 0) is 19.5 Å². The van der Waals surface area contributed by atoms with E-state index in [4.69, 9.17) is 13.9 Å². The number of rotatable bonds is 7. The number of benzene rings is 1. The normalized spacial score (nSPS) is 15.1. The monoisotopic (exact) mass is 425 g/mol. The number of hydrogen-bond donors (Lipinski definition) is 1. The van der Waals surface area contributed by atoms with Crippen molar-refractivity contribution in [2.24, 2.45) is 0 Å². The molecule has 3 aromatic rings. The van der Waals surface area contributed by atoms with Crippen molar-refractivity contribution in [3.8, 4) is 11.5 Å². The van der Waals surface area contributed by atoms with Crippen molar-refractivity contribution in [3.63, 3.8) is 0 Å². The smallest absolute Gasteiger partial charge is 0.287 e. The van der Waals surface area contributed by atoms with Gasteiger partial charge in [-0.25, -0.2) is 0 Å². The largest absolute Gasteiger partial charge is 0.497 e. The first kappa shape index (κ1) is 20.9. The minimum absolute atomic E-state index is 0.267. The summed E-state index contributed by atoms with van der Waals surface area (Å²) in [7, 11) is 3.32. The van der Waals surface area contributed by atoms with Gasteiger partial charge in [-0.05, 0) is 25.1 Å². The average molecular weight is 425 g/mol. The maximum absolute atomic E-state index is 12.3. The molecule has 0 bridgehead atoms. The molecule has 1 aliphatic rings. The van der Waals surface area contributed by atoms with Crippen molar-refractivity contribution in [1.29, 1.82) is 0 Å². The zero-order chi connectivity index (χ0) is 21.8. The van der Waals surface area contributed by atoms with Crippen LogP contribution >= 0.6 is 0 Å². The van der Waals surface area contributed by atoms with Crippen LogP contribution in [0.25, 0.3) is 0 Å².